The number of benzene rings is 2. The van der Waals surface area contributed by atoms with Crippen LogP contribution in [0.4, 0.5) is 18.9 Å². The van der Waals surface area contributed by atoms with E-state index in [1.165, 1.54) is 18.2 Å². The Morgan fingerprint density at radius 1 is 1.17 bits per heavy atom. The Kier molecular flexibility index (Phi) is 5.28. The van der Waals surface area contributed by atoms with Crippen LogP contribution in [0.15, 0.2) is 60.7 Å². The van der Waals surface area contributed by atoms with Crippen LogP contribution in [0.5, 0.6) is 5.75 Å². The number of ether oxygens (including phenoxy) is 1. The number of hydrogen-bond donors (Lipinski definition) is 1. The second-order valence-electron chi connectivity index (χ2n) is 5.31. The quantitative estimate of drug-likeness (QED) is 0.788. The molecule has 0 fully saturated rings. The molecule has 0 aliphatic rings. The van der Waals surface area contributed by atoms with Crippen molar-refractivity contribution < 1.29 is 22.7 Å². The van der Waals surface area contributed by atoms with Crippen LogP contribution in [0.25, 0.3) is 0 Å². The van der Waals surface area contributed by atoms with Crippen molar-refractivity contribution in [3.8, 4) is 5.75 Å². The molecule has 0 bridgehead atoms. The van der Waals surface area contributed by atoms with Crippen LogP contribution < -0.4 is 10.1 Å². The van der Waals surface area contributed by atoms with Crippen molar-refractivity contribution in [1.29, 1.82) is 0 Å². The molecule has 2 rings (SSSR count). The molecule has 0 saturated carbocycles. The van der Waals surface area contributed by atoms with Gasteiger partial charge in [0.1, 0.15) is 12.4 Å². The molecule has 0 radical (unpaired) electrons. The van der Waals surface area contributed by atoms with Gasteiger partial charge in [0.25, 0.3) is 5.91 Å². The van der Waals surface area contributed by atoms with Gasteiger partial charge < -0.3 is 10.1 Å². The van der Waals surface area contributed by atoms with Gasteiger partial charge in [0.2, 0.25) is 0 Å². The standard InChI is InChI=1S/C18H16F3NO2/c1-12(2)11-24-16-8-3-5-13(9-16)17(23)22-15-7-4-6-14(10-15)18(19,20)21/h3-10H,1,11H2,2H3,(H,22,23). The molecule has 24 heavy (non-hydrogen) atoms. The van der Waals surface area contributed by atoms with Crippen molar-refractivity contribution in [2.75, 3.05) is 11.9 Å². The summed E-state index contributed by atoms with van der Waals surface area (Å²) in [5, 5.41) is 2.45. The first-order valence-electron chi connectivity index (χ1n) is 7.11. The first-order valence-corrected chi connectivity index (χ1v) is 7.11. The molecule has 6 heteroatoms. The van der Waals surface area contributed by atoms with Gasteiger partial charge in [-0.1, -0.05) is 18.7 Å². The maximum atomic E-state index is 12.7. The summed E-state index contributed by atoms with van der Waals surface area (Å²) < 4.78 is 43.5. The van der Waals surface area contributed by atoms with Gasteiger partial charge in [0, 0.05) is 11.3 Å². The number of alkyl halides is 3. The van der Waals surface area contributed by atoms with Crippen molar-refractivity contribution in [2.24, 2.45) is 0 Å². The van der Waals surface area contributed by atoms with Crippen LogP contribution in [0.2, 0.25) is 0 Å². The molecule has 2 aromatic carbocycles. The fourth-order valence-electron chi connectivity index (χ4n) is 1.91. The Balaban J connectivity index is 2.12. The first kappa shape index (κ1) is 17.6. The van der Waals surface area contributed by atoms with Crippen LogP contribution in [-0.4, -0.2) is 12.5 Å². The number of nitrogens with one attached hydrogen (secondary N) is 1. The summed E-state index contributed by atoms with van der Waals surface area (Å²) in [6, 6.07) is 10.9. The highest BCUT2D eigenvalue weighted by molar-refractivity contribution is 6.04. The molecular formula is C18H16F3NO2. The van der Waals surface area contributed by atoms with Gasteiger partial charge in [0.05, 0.1) is 5.56 Å². The average Bonchev–Trinajstić information content (AvgIpc) is 2.52. The van der Waals surface area contributed by atoms with Gasteiger partial charge >= 0.3 is 6.18 Å². The number of carbonyl (C=O) groups excluding carboxylic acids is 1. The molecule has 0 saturated heterocycles. The largest absolute Gasteiger partial charge is 0.489 e. The van der Waals surface area contributed by atoms with Crippen molar-refractivity contribution in [1.82, 2.24) is 0 Å². The van der Waals surface area contributed by atoms with E-state index in [1.807, 2.05) is 6.92 Å². The zero-order chi connectivity index (χ0) is 17.7. The molecule has 0 atom stereocenters. The molecule has 0 aliphatic heterocycles. The zero-order valence-electron chi connectivity index (χ0n) is 13.0. The number of anilines is 1. The van der Waals surface area contributed by atoms with Gasteiger partial charge in [0.15, 0.2) is 0 Å². The summed E-state index contributed by atoms with van der Waals surface area (Å²) in [6.07, 6.45) is -4.46. The lowest BCUT2D eigenvalue weighted by molar-refractivity contribution is -0.137. The Morgan fingerprint density at radius 2 is 1.88 bits per heavy atom. The van der Waals surface area contributed by atoms with E-state index in [2.05, 4.69) is 11.9 Å². The van der Waals surface area contributed by atoms with Crippen molar-refractivity contribution >= 4 is 11.6 Å². The maximum absolute atomic E-state index is 12.7. The highest BCUT2D eigenvalue weighted by Crippen LogP contribution is 2.30. The Bertz CT molecular complexity index is 754. The van der Waals surface area contributed by atoms with Gasteiger partial charge in [-0.25, -0.2) is 0 Å². The molecule has 1 N–H and O–H groups in total. The minimum atomic E-state index is -4.46. The second kappa shape index (κ2) is 7.21. The lowest BCUT2D eigenvalue weighted by Gasteiger charge is -2.11. The molecule has 0 unspecified atom stereocenters. The van der Waals surface area contributed by atoms with E-state index in [1.54, 1.807) is 18.2 Å². The smallest absolute Gasteiger partial charge is 0.416 e. The van der Waals surface area contributed by atoms with Gasteiger partial charge in [-0.15, -0.1) is 0 Å². The number of rotatable bonds is 5. The van der Waals surface area contributed by atoms with Crippen LogP contribution >= 0.6 is 0 Å². The lowest BCUT2D eigenvalue weighted by Crippen LogP contribution is -2.13. The monoisotopic (exact) mass is 335 g/mol. The molecule has 126 valence electrons. The van der Waals surface area contributed by atoms with Crippen molar-refractivity contribution in [3.05, 3.63) is 71.8 Å². The summed E-state index contributed by atoms with van der Waals surface area (Å²) in [5.41, 5.74) is 0.363. The highest BCUT2D eigenvalue weighted by Gasteiger charge is 2.30. The number of halogens is 3. The number of amides is 1. The van der Waals surface area contributed by atoms with Gasteiger partial charge in [-0.05, 0) is 48.9 Å². The summed E-state index contributed by atoms with van der Waals surface area (Å²) in [5.74, 6) is -0.0372. The van der Waals surface area contributed by atoms with E-state index in [0.717, 1.165) is 17.7 Å². The summed E-state index contributed by atoms with van der Waals surface area (Å²) >= 11 is 0. The predicted octanol–water partition coefficient (Wildman–Crippen LogP) is 4.91. The summed E-state index contributed by atoms with van der Waals surface area (Å²) in [6.45, 7) is 5.84. The van der Waals surface area contributed by atoms with E-state index in [-0.39, 0.29) is 11.3 Å². The Hall–Kier alpha value is -2.76. The average molecular weight is 335 g/mol. The normalized spacial score (nSPS) is 11.0. The van der Waals surface area contributed by atoms with E-state index in [9.17, 15) is 18.0 Å². The third-order valence-electron chi connectivity index (χ3n) is 3.03. The Morgan fingerprint density at radius 3 is 2.54 bits per heavy atom. The van der Waals surface area contributed by atoms with E-state index < -0.39 is 17.6 Å². The topological polar surface area (TPSA) is 38.3 Å². The lowest BCUT2D eigenvalue weighted by atomic mass is 10.1. The molecule has 2 aromatic rings. The van der Waals surface area contributed by atoms with Crippen molar-refractivity contribution in [3.63, 3.8) is 0 Å². The fourth-order valence-corrected chi connectivity index (χ4v) is 1.91. The second-order valence-corrected chi connectivity index (χ2v) is 5.31. The molecule has 0 heterocycles. The molecule has 1 amide bonds. The third-order valence-corrected chi connectivity index (χ3v) is 3.03. The molecule has 0 aliphatic carbocycles. The molecule has 3 nitrogen and oxygen atoms in total. The van der Waals surface area contributed by atoms with Gasteiger partial charge in [-0.2, -0.15) is 13.2 Å². The number of hydrogen-bond acceptors (Lipinski definition) is 2. The molecular weight excluding hydrogens is 319 g/mol. The Labute approximate surface area is 137 Å². The third kappa shape index (κ3) is 4.87. The van der Waals surface area contributed by atoms with Gasteiger partial charge in [-0.3, -0.25) is 4.79 Å². The maximum Gasteiger partial charge on any atom is 0.416 e. The minimum absolute atomic E-state index is 0.0723. The van der Waals surface area contributed by atoms with Crippen LogP contribution in [0.1, 0.15) is 22.8 Å². The summed E-state index contributed by atoms with van der Waals surface area (Å²) in [7, 11) is 0. The SMILES string of the molecule is C=C(C)COc1cccc(C(=O)Nc2cccc(C(F)(F)F)c2)c1. The van der Waals surface area contributed by atoms with E-state index >= 15 is 0 Å². The zero-order valence-corrected chi connectivity index (χ0v) is 13.0. The highest BCUT2D eigenvalue weighted by atomic mass is 19.4. The van der Waals surface area contributed by atoms with Crippen molar-refractivity contribution in [2.45, 2.75) is 13.1 Å². The predicted molar refractivity (Wildman–Crippen MR) is 86.1 cm³/mol. The van der Waals surface area contributed by atoms with Crippen LogP contribution in [0.3, 0.4) is 0 Å². The molecule has 0 aromatic heterocycles. The minimum Gasteiger partial charge on any atom is -0.489 e. The number of carbonyl (C=O) groups is 1. The van der Waals surface area contributed by atoms with E-state index in [0.29, 0.717) is 12.4 Å². The first-order chi connectivity index (χ1) is 11.3. The molecule has 0 spiro atoms. The van der Waals surface area contributed by atoms with E-state index in [4.69, 9.17) is 4.74 Å². The van der Waals surface area contributed by atoms with Crippen LogP contribution in [-0.2, 0) is 6.18 Å². The van der Waals surface area contributed by atoms with Crippen LogP contribution in [0, 0.1) is 0 Å². The fraction of sp³-hybridized carbons (Fsp3) is 0.167. The summed E-state index contributed by atoms with van der Waals surface area (Å²) in [4.78, 5) is 12.2.